The first-order chi connectivity index (χ1) is 29.3. The minimum absolute atomic E-state index is 0.817. The van der Waals surface area contributed by atoms with E-state index in [0.717, 1.165) is 82.8 Å². The molecule has 0 aliphatic rings. The third-order valence-corrected chi connectivity index (χ3v) is 11.9. The first-order valence-electron chi connectivity index (χ1n) is 20.1. The Bertz CT molecular complexity index is 3540. The number of fused-ring (bicyclic) bond motifs is 9. The molecular weight excluding hydrogens is 719 g/mol. The molecule has 0 unspecified atom stereocenters. The van der Waals surface area contributed by atoms with Crippen molar-refractivity contribution in [3.05, 3.63) is 212 Å². The summed E-state index contributed by atoms with van der Waals surface area (Å²) in [6, 6.07) is 75.8. The van der Waals surface area contributed by atoms with Gasteiger partial charge in [0.05, 0.1) is 11.1 Å². The highest BCUT2D eigenvalue weighted by Crippen LogP contribution is 2.47. The quantitative estimate of drug-likeness (QED) is 0.169. The molecule has 0 aliphatic carbocycles. The number of nitrogens with zero attached hydrogens (tertiary/aromatic N) is 1. The van der Waals surface area contributed by atoms with Gasteiger partial charge in [-0.25, -0.2) is 0 Å². The SMILES string of the molecule is c1ccc(-c2ccc(N(c3ccc(-c4cccc5ccccc45)cc3)c3ccc(-c4cccc5oc6ccc7c8ccccc8oc7c6c45)c4ccccc34)cc2)cc1. The second-order valence-corrected chi connectivity index (χ2v) is 15.2. The van der Waals surface area contributed by atoms with Crippen LogP contribution in [-0.2, 0) is 0 Å². The summed E-state index contributed by atoms with van der Waals surface area (Å²) in [6.07, 6.45) is 0. The molecule has 3 nitrogen and oxygen atoms in total. The molecule has 0 bridgehead atoms. The average Bonchev–Trinajstić information content (AvgIpc) is 3.89. The van der Waals surface area contributed by atoms with Crippen molar-refractivity contribution in [2.75, 3.05) is 4.90 Å². The number of anilines is 3. The van der Waals surface area contributed by atoms with E-state index in [1.165, 1.54) is 33.0 Å². The van der Waals surface area contributed by atoms with Gasteiger partial charge in [-0.1, -0.05) is 158 Å². The van der Waals surface area contributed by atoms with Gasteiger partial charge in [0.2, 0.25) is 0 Å². The zero-order chi connectivity index (χ0) is 38.9. The molecule has 0 aliphatic heterocycles. The molecule has 0 radical (unpaired) electrons. The Balaban J connectivity index is 1.05. The Morgan fingerprint density at radius 1 is 0.288 bits per heavy atom. The van der Waals surface area contributed by atoms with Gasteiger partial charge in [0.25, 0.3) is 0 Å². The van der Waals surface area contributed by atoms with Gasteiger partial charge in [-0.3, -0.25) is 0 Å². The number of hydrogen-bond acceptors (Lipinski definition) is 3. The maximum atomic E-state index is 6.59. The molecular formula is C56H35NO2. The van der Waals surface area contributed by atoms with E-state index < -0.39 is 0 Å². The first kappa shape index (κ1) is 33.3. The number of benzene rings is 10. The molecule has 12 aromatic rings. The van der Waals surface area contributed by atoms with Gasteiger partial charge in [-0.2, -0.15) is 0 Å². The van der Waals surface area contributed by atoms with Crippen molar-refractivity contribution in [2.45, 2.75) is 0 Å². The highest BCUT2D eigenvalue weighted by atomic mass is 16.3. The van der Waals surface area contributed by atoms with Gasteiger partial charge in [0, 0.05) is 32.9 Å². The molecule has 0 atom stereocenters. The van der Waals surface area contributed by atoms with Crippen LogP contribution in [0, 0.1) is 0 Å². The van der Waals surface area contributed by atoms with Gasteiger partial charge in [0.15, 0.2) is 0 Å². The van der Waals surface area contributed by atoms with E-state index in [1.807, 2.05) is 12.1 Å². The highest BCUT2D eigenvalue weighted by molar-refractivity contribution is 6.26. The smallest absolute Gasteiger partial charge is 0.147 e. The molecule has 2 aromatic heterocycles. The van der Waals surface area contributed by atoms with Gasteiger partial charge in [0.1, 0.15) is 22.3 Å². The summed E-state index contributed by atoms with van der Waals surface area (Å²) in [4.78, 5) is 2.39. The minimum Gasteiger partial charge on any atom is -0.456 e. The molecule has 0 spiro atoms. The van der Waals surface area contributed by atoms with Crippen LogP contribution < -0.4 is 4.90 Å². The van der Waals surface area contributed by atoms with E-state index in [2.05, 4.69) is 205 Å². The lowest BCUT2D eigenvalue weighted by Gasteiger charge is -2.28. The second-order valence-electron chi connectivity index (χ2n) is 15.2. The summed E-state index contributed by atoms with van der Waals surface area (Å²) >= 11 is 0. The van der Waals surface area contributed by atoms with Crippen LogP contribution in [0.25, 0.3) is 98.8 Å². The molecule has 2 heterocycles. The largest absolute Gasteiger partial charge is 0.456 e. The molecule has 10 aromatic carbocycles. The molecule has 0 N–H and O–H groups in total. The van der Waals surface area contributed by atoms with E-state index in [4.69, 9.17) is 8.83 Å². The molecule has 12 rings (SSSR count). The predicted octanol–water partition coefficient (Wildman–Crippen LogP) is 16.3. The van der Waals surface area contributed by atoms with Crippen LogP contribution in [0.15, 0.2) is 221 Å². The third kappa shape index (κ3) is 5.36. The number of rotatable bonds is 6. The molecule has 0 fully saturated rings. The van der Waals surface area contributed by atoms with Crippen molar-refractivity contribution in [1.82, 2.24) is 0 Å². The normalized spacial score (nSPS) is 11.7. The topological polar surface area (TPSA) is 29.5 Å². The Morgan fingerprint density at radius 3 is 1.69 bits per heavy atom. The lowest BCUT2D eigenvalue weighted by Crippen LogP contribution is -2.10. The maximum Gasteiger partial charge on any atom is 0.147 e. The fourth-order valence-corrected chi connectivity index (χ4v) is 9.15. The summed E-state index contributed by atoms with van der Waals surface area (Å²) in [5.74, 6) is 0. The summed E-state index contributed by atoms with van der Waals surface area (Å²) < 4.78 is 13.1. The van der Waals surface area contributed by atoms with E-state index >= 15 is 0 Å². The summed E-state index contributed by atoms with van der Waals surface area (Å²) in [7, 11) is 0. The third-order valence-electron chi connectivity index (χ3n) is 11.9. The summed E-state index contributed by atoms with van der Waals surface area (Å²) in [6.45, 7) is 0. The molecule has 276 valence electrons. The monoisotopic (exact) mass is 753 g/mol. The maximum absolute atomic E-state index is 6.59. The van der Waals surface area contributed by atoms with Gasteiger partial charge in [-0.05, 0) is 104 Å². The van der Waals surface area contributed by atoms with Crippen molar-refractivity contribution >= 4 is 82.5 Å². The summed E-state index contributed by atoms with van der Waals surface area (Å²) in [5.41, 5.74) is 13.7. The number of para-hydroxylation sites is 1. The highest BCUT2D eigenvalue weighted by Gasteiger charge is 2.22. The Kier molecular flexibility index (Phi) is 7.54. The van der Waals surface area contributed by atoms with E-state index in [0.29, 0.717) is 0 Å². The fourth-order valence-electron chi connectivity index (χ4n) is 9.15. The lowest BCUT2D eigenvalue weighted by atomic mass is 9.93. The van der Waals surface area contributed by atoms with Gasteiger partial charge in [-0.15, -0.1) is 0 Å². The van der Waals surface area contributed by atoms with Crippen molar-refractivity contribution < 1.29 is 8.83 Å². The minimum atomic E-state index is 0.817. The average molecular weight is 754 g/mol. The van der Waals surface area contributed by atoms with Crippen LogP contribution in [-0.4, -0.2) is 0 Å². The molecule has 59 heavy (non-hydrogen) atoms. The lowest BCUT2D eigenvalue weighted by molar-refractivity contribution is 0.663. The Hall–Kier alpha value is -7.88. The predicted molar refractivity (Wildman–Crippen MR) is 247 cm³/mol. The summed E-state index contributed by atoms with van der Waals surface area (Å²) in [5, 5.41) is 9.04. The van der Waals surface area contributed by atoms with Crippen molar-refractivity contribution in [2.24, 2.45) is 0 Å². The molecule has 3 heteroatoms. The van der Waals surface area contributed by atoms with Crippen LogP contribution in [0.2, 0.25) is 0 Å². The van der Waals surface area contributed by atoms with Crippen molar-refractivity contribution in [3.63, 3.8) is 0 Å². The number of furan rings is 2. The van der Waals surface area contributed by atoms with E-state index in [9.17, 15) is 0 Å². The van der Waals surface area contributed by atoms with Crippen LogP contribution in [0.3, 0.4) is 0 Å². The Labute approximate surface area is 340 Å². The molecule has 0 amide bonds. The van der Waals surface area contributed by atoms with Crippen LogP contribution in [0.5, 0.6) is 0 Å². The Morgan fingerprint density at radius 2 is 0.881 bits per heavy atom. The van der Waals surface area contributed by atoms with E-state index in [1.54, 1.807) is 0 Å². The first-order valence-corrected chi connectivity index (χ1v) is 20.1. The van der Waals surface area contributed by atoms with Crippen LogP contribution in [0.1, 0.15) is 0 Å². The van der Waals surface area contributed by atoms with E-state index in [-0.39, 0.29) is 0 Å². The van der Waals surface area contributed by atoms with Crippen molar-refractivity contribution in [3.8, 4) is 33.4 Å². The molecule has 0 saturated heterocycles. The zero-order valence-electron chi connectivity index (χ0n) is 32.0. The van der Waals surface area contributed by atoms with Gasteiger partial charge < -0.3 is 13.7 Å². The number of hydrogen-bond donors (Lipinski definition) is 0. The fraction of sp³-hybridized carbons (Fsp3) is 0. The van der Waals surface area contributed by atoms with Gasteiger partial charge >= 0.3 is 0 Å². The molecule has 0 saturated carbocycles. The van der Waals surface area contributed by atoms with Crippen LogP contribution in [0.4, 0.5) is 17.1 Å². The van der Waals surface area contributed by atoms with Crippen molar-refractivity contribution in [1.29, 1.82) is 0 Å². The standard InChI is InChI=1S/C56H35NO2/c1-2-12-36(13-3-1)37-24-28-40(29-25-37)57(41-30-26-39(27-31-41)43-20-10-15-38-14-4-5-16-42(38)43)50-34-32-45(44-17-6-7-18-46(44)50)48-21-11-23-52-54(48)55-53(58-52)35-33-49-47-19-8-9-22-51(47)59-56(49)55/h1-35H. The second kappa shape index (κ2) is 13.4. The zero-order valence-corrected chi connectivity index (χ0v) is 32.0. The van der Waals surface area contributed by atoms with Crippen LogP contribution >= 0.6 is 0 Å².